The van der Waals surface area contributed by atoms with Crippen molar-refractivity contribution >= 4 is 24.6 Å². The second-order valence-electron chi connectivity index (χ2n) is 6.00. The Labute approximate surface area is 116 Å². The van der Waals surface area contributed by atoms with Crippen molar-refractivity contribution in [2.45, 2.75) is 56.3 Å². The molecule has 1 aromatic rings. The molecule has 0 aromatic heterocycles. The van der Waals surface area contributed by atoms with Gasteiger partial charge in [0.15, 0.2) is 0 Å². The first-order valence-electron chi connectivity index (χ1n) is 6.85. The molecular weight excluding hydrogens is 254 g/mol. The van der Waals surface area contributed by atoms with Crippen LogP contribution in [0, 0.1) is 0 Å². The van der Waals surface area contributed by atoms with Crippen LogP contribution in [0.2, 0.25) is 19.6 Å². The van der Waals surface area contributed by atoms with Gasteiger partial charge in [0.05, 0.1) is 0 Å². The van der Waals surface area contributed by atoms with Gasteiger partial charge >= 0.3 is 0 Å². The van der Waals surface area contributed by atoms with Gasteiger partial charge in [-0.2, -0.15) is 11.2 Å². The summed E-state index contributed by atoms with van der Waals surface area (Å²) < 4.78 is 0. The molecule has 1 aliphatic rings. The van der Waals surface area contributed by atoms with Gasteiger partial charge in [-0.3, -0.25) is 4.99 Å². The van der Waals surface area contributed by atoms with Gasteiger partial charge in [-0.25, -0.2) is 0 Å². The summed E-state index contributed by atoms with van der Waals surface area (Å²) in [6.45, 7) is 7.15. The lowest BCUT2D eigenvalue weighted by Gasteiger charge is -2.14. The minimum atomic E-state index is -1.07. The zero-order chi connectivity index (χ0) is 13.0. The van der Waals surface area contributed by atoms with Crippen LogP contribution in [-0.4, -0.2) is 19.5 Å². The van der Waals surface area contributed by atoms with Crippen molar-refractivity contribution in [1.29, 1.82) is 0 Å². The first kappa shape index (κ1) is 13.9. The van der Waals surface area contributed by atoms with Crippen LogP contribution >= 0.6 is 11.2 Å². The summed E-state index contributed by atoms with van der Waals surface area (Å²) >= 11 is 2.05. The molecule has 1 fully saturated rings. The summed E-state index contributed by atoms with van der Waals surface area (Å²) in [7, 11) is -1.07. The van der Waals surface area contributed by atoms with Gasteiger partial charge in [0.2, 0.25) is 0 Å². The summed E-state index contributed by atoms with van der Waals surface area (Å²) in [5.41, 5.74) is 1.24. The summed E-state index contributed by atoms with van der Waals surface area (Å²) in [5.74, 6) is 0. The van der Waals surface area contributed by atoms with Crippen LogP contribution in [0.15, 0.2) is 34.2 Å². The minimum absolute atomic E-state index is 0.584. The van der Waals surface area contributed by atoms with E-state index in [1.807, 2.05) is 11.2 Å². The third-order valence-electron chi connectivity index (χ3n) is 3.06. The summed E-state index contributed by atoms with van der Waals surface area (Å²) in [6.07, 6.45) is 7.32. The fourth-order valence-electron chi connectivity index (χ4n) is 2.22. The van der Waals surface area contributed by atoms with E-state index in [0.717, 1.165) is 0 Å². The molecule has 1 nitrogen and oxygen atoms in total. The lowest BCUT2D eigenvalue weighted by atomic mass is 10.2. The minimum Gasteiger partial charge on any atom is -0.289 e. The lowest BCUT2D eigenvalue weighted by molar-refractivity contribution is 0.710. The van der Waals surface area contributed by atoms with Gasteiger partial charge in [0, 0.05) is 17.2 Å². The van der Waals surface area contributed by atoms with Crippen LogP contribution in [-0.2, 0) is 0 Å². The van der Waals surface area contributed by atoms with Crippen LogP contribution in [0.1, 0.15) is 31.2 Å². The molecule has 0 bridgehead atoms. The van der Waals surface area contributed by atoms with Crippen molar-refractivity contribution in [3.8, 4) is 0 Å². The summed E-state index contributed by atoms with van der Waals surface area (Å²) in [4.78, 5) is 6.07. The van der Waals surface area contributed by atoms with Crippen molar-refractivity contribution < 1.29 is 0 Å². The quantitative estimate of drug-likeness (QED) is 0.559. The maximum atomic E-state index is 4.67. The smallest absolute Gasteiger partial charge is 0.114 e. The average Bonchev–Trinajstić information content (AvgIpc) is 2.79. The highest BCUT2D eigenvalue weighted by molar-refractivity contribution is 8.28. The number of nitrogens with zero attached hydrogens (tertiary/aromatic N) is 1. The molecule has 2 rings (SSSR count). The highest BCUT2D eigenvalue weighted by Gasteiger charge is 2.14. The standard InChI is InChI=1S/C15H23NSSi/c1-18(2,3)17-15-10-8-13(9-11-15)12-16-14-6-4-5-7-14/h8-12,14H,4-7H2,1-3H3/b16-12+. The predicted molar refractivity (Wildman–Crippen MR) is 85.5 cm³/mol. The SMILES string of the molecule is C[Si](C)(C)Sc1ccc(/C=N/C2CCCC2)cc1. The van der Waals surface area contributed by atoms with Crippen molar-refractivity contribution in [2.24, 2.45) is 4.99 Å². The van der Waals surface area contributed by atoms with E-state index in [4.69, 9.17) is 0 Å². The molecule has 98 valence electrons. The van der Waals surface area contributed by atoms with Gasteiger partial charge in [-0.15, -0.1) is 0 Å². The second kappa shape index (κ2) is 6.07. The zero-order valence-corrected chi connectivity index (χ0v) is 13.5. The Hall–Kier alpha value is -0.543. The first-order valence-corrected chi connectivity index (χ1v) is 11.9. The molecular formula is C15H23NSSi. The Kier molecular flexibility index (Phi) is 4.68. The average molecular weight is 278 g/mol. The van der Waals surface area contributed by atoms with Gasteiger partial charge in [0.1, 0.15) is 7.22 Å². The molecule has 0 unspecified atom stereocenters. The van der Waals surface area contributed by atoms with Gasteiger partial charge in [0.25, 0.3) is 0 Å². The Morgan fingerprint density at radius 2 is 1.72 bits per heavy atom. The maximum Gasteiger partial charge on any atom is 0.114 e. The Morgan fingerprint density at radius 3 is 2.28 bits per heavy atom. The van der Waals surface area contributed by atoms with Gasteiger partial charge in [-0.1, -0.05) is 44.6 Å². The predicted octanol–water partition coefficient (Wildman–Crippen LogP) is 4.98. The summed E-state index contributed by atoms with van der Waals surface area (Å²) in [5, 5.41) is 0. The van der Waals surface area contributed by atoms with Crippen molar-refractivity contribution in [2.75, 3.05) is 0 Å². The number of hydrogen-bond donors (Lipinski definition) is 0. The van der Waals surface area contributed by atoms with Gasteiger partial charge in [-0.05, 0) is 30.5 Å². The second-order valence-corrected chi connectivity index (χ2v) is 15.2. The Bertz CT molecular complexity index is 399. The first-order chi connectivity index (χ1) is 8.53. The molecule has 0 aliphatic heterocycles. The molecule has 0 amide bonds. The summed E-state index contributed by atoms with van der Waals surface area (Å²) in [6, 6.07) is 9.45. The van der Waals surface area contributed by atoms with E-state index in [0.29, 0.717) is 6.04 Å². The van der Waals surface area contributed by atoms with E-state index in [9.17, 15) is 0 Å². The number of benzene rings is 1. The van der Waals surface area contributed by atoms with Crippen LogP contribution in [0.4, 0.5) is 0 Å². The highest BCUT2D eigenvalue weighted by Crippen LogP contribution is 2.28. The molecule has 0 atom stereocenters. The molecule has 0 N–H and O–H groups in total. The molecule has 0 saturated heterocycles. The molecule has 1 aliphatic carbocycles. The van der Waals surface area contributed by atoms with E-state index >= 15 is 0 Å². The largest absolute Gasteiger partial charge is 0.289 e. The Morgan fingerprint density at radius 1 is 1.11 bits per heavy atom. The molecule has 0 heterocycles. The van der Waals surface area contributed by atoms with E-state index in [1.54, 1.807) is 0 Å². The number of aliphatic imine (C=N–C) groups is 1. The fraction of sp³-hybridized carbons (Fsp3) is 0.533. The molecule has 3 heteroatoms. The molecule has 1 saturated carbocycles. The molecule has 18 heavy (non-hydrogen) atoms. The van der Waals surface area contributed by atoms with E-state index in [-0.39, 0.29) is 0 Å². The third kappa shape index (κ3) is 4.62. The molecule has 0 spiro atoms. The normalized spacial score (nSPS) is 17.7. The molecule has 1 aromatic carbocycles. The van der Waals surface area contributed by atoms with Gasteiger partial charge < -0.3 is 0 Å². The van der Waals surface area contributed by atoms with E-state index in [2.05, 4.69) is 55.1 Å². The zero-order valence-electron chi connectivity index (χ0n) is 11.6. The highest BCUT2D eigenvalue weighted by atomic mass is 32.4. The monoisotopic (exact) mass is 277 g/mol. The van der Waals surface area contributed by atoms with Crippen molar-refractivity contribution in [3.63, 3.8) is 0 Å². The number of hydrogen-bond acceptors (Lipinski definition) is 2. The van der Waals surface area contributed by atoms with Crippen LogP contribution in [0.3, 0.4) is 0 Å². The topological polar surface area (TPSA) is 12.4 Å². The number of rotatable bonds is 4. The Balaban J connectivity index is 1.94. The van der Waals surface area contributed by atoms with Crippen LogP contribution < -0.4 is 0 Å². The molecule has 0 radical (unpaired) electrons. The van der Waals surface area contributed by atoms with Crippen LogP contribution in [0.25, 0.3) is 0 Å². The van der Waals surface area contributed by atoms with E-state index < -0.39 is 7.22 Å². The van der Waals surface area contributed by atoms with Crippen LogP contribution in [0.5, 0.6) is 0 Å². The van der Waals surface area contributed by atoms with E-state index in [1.165, 1.54) is 36.1 Å². The maximum absolute atomic E-state index is 4.67. The van der Waals surface area contributed by atoms with Crippen molar-refractivity contribution in [1.82, 2.24) is 0 Å². The fourth-order valence-corrected chi connectivity index (χ4v) is 5.73. The lowest BCUT2D eigenvalue weighted by Crippen LogP contribution is -2.13. The third-order valence-corrected chi connectivity index (χ3v) is 6.73. The van der Waals surface area contributed by atoms with Crippen molar-refractivity contribution in [3.05, 3.63) is 29.8 Å².